The van der Waals surface area contributed by atoms with Crippen molar-refractivity contribution in [1.29, 1.82) is 0 Å². The zero-order valence-corrected chi connectivity index (χ0v) is 15.5. The van der Waals surface area contributed by atoms with E-state index in [0.29, 0.717) is 0 Å². The van der Waals surface area contributed by atoms with Crippen molar-refractivity contribution in [3.8, 4) is 0 Å². The number of hydrogen-bond donors (Lipinski definition) is 1. The predicted octanol–water partition coefficient (Wildman–Crippen LogP) is 6.26. The third kappa shape index (κ3) is 5.96. The van der Waals surface area contributed by atoms with Crippen LogP contribution in [0.4, 0.5) is 0 Å². The molecule has 2 nitrogen and oxygen atoms in total. The molecule has 0 atom stereocenters. The van der Waals surface area contributed by atoms with Gasteiger partial charge in [0.2, 0.25) is 0 Å². The molecule has 0 aliphatic heterocycles. The van der Waals surface area contributed by atoms with Gasteiger partial charge >= 0.3 is 5.97 Å². The smallest absolute Gasteiger partial charge is 0.303 e. The van der Waals surface area contributed by atoms with Crippen molar-refractivity contribution in [2.45, 2.75) is 90.4 Å². The lowest BCUT2D eigenvalue weighted by Gasteiger charge is -2.29. The number of aliphatic carboxylic acids is 1. The van der Waals surface area contributed by atoms with Crippen LogP contribution >= 0.6 is 0 Å². The fourth-order valence-corrected chi connectivity index (χ4v) is 4.15. The largest absolute Gasteiger partial charge is 0.481 e. The maximum Gasteiger partial charge on any atom is 0.303 e. The Bertz CT molecular complexity index is 513. The number of aryl methyl sites for hydroxylation is 2. The second kappa shape index (κ2) is 9.86. The summed E-state index contributed by atoms with van der Waals surface area (Å²) in [4.78, 5) is 10.6. The average molecular weight is 331 g/mol. The van der Waals surface area contributed by atoms with Crippen LogP contribution in [0.3, 0.4) is 0 Å². The van der Waals surface area contributed by atoms with Gasteiger partial charge in [0, 0.05) is 6.42 Å². The van der Waals surface area contributed by atoms with Gasteiger partial charge in [-0.1, -0.05) is 50.8 Å². The molecule has 0 heterocycles. The van der Waals surface area contributed by atoms with Crippen molar-refractivity contribution < 1.29 is 9.90 Å². The van der Waals surface area contributed by atoms with Gasteiger partial charge in [0.25, 0.3) is 0 Å². The van der Waals surface area contributed by atoms with Crippen molar-refractivity contribution in [2.24, 2.45) is 5.92 Å². The van der Waals surface area contributed by atoms with E-state index in [1.54, 1.807) is 0 Å². The Morgan fingerprint density at radius 1 is 1.12 bits per heavy atom. The van der Waals surface area contributed by atoms with E-state index in [9.17, 15) is 4.79 Å². The van der Waals surface area contributed by atoms with Crippen LogP contribution in [0.15, 0.2) is 18.2 Å². The molecule has 0 spiro atoms. The fourth-order valence-electron chi connectivity index (χ4n) is 4.15. The number of benzene rings is 1. The maximum absolute atomic E-state index is 10.6. The van der Waals surface area contributed by atoms with E-state index in [0.717, 1.165) is 24.7 Å². The molecule has 1 aliphatic rings. The standard InChI is InChI=1S/C22H34O2/c1-3-4-5-7-18-10-12-20(13-11-18)21-15-14-19(17(2)16-21)8-6-9-22(23)24/h14-16,18,20H,3-13H2,1-2H3,(H,23,24). The van der Waals surface area contributed by atoms with Crippen LogP contribution in [0.5, 0.6) is 0 Å². The first-order valence-electron chi connectivity index (χ1n) is 9.91. The van der Waals surface area contributed by atoms with Gasteiger partial charge in [-0.3, -0.25) is 4.79 Å². The molecule has 2 heteroatoms. The van der Waals surface area contributed by atoms with Crippen LogP contribution < -0.4 is 0 Å². The fraction of sp³-hybridized carbons (Fsp3) is 0.682. The molecule has 1 aromatic rings. The highest BCUT2D eigenvalue weighted by Crippen LogP contribution is 2.38. The number of carboxylic acids is 1. The predicted molar refractivity (Wildman–Crippen MR) is 101 cm³/mol. The first-order valence-corrected chi connectivity index (χ1v) is 9.91. The SMILES string of the molecule is CCCCCC1CCC(c2ccc(CCCC(=O)O)c(C)c2)CC1. The highest BCUT2D eigenvalue weighted by Gasteiger charge is 2.22. The molecule has 1 saturated carbocycles. The summed E-state index contributed by atoms with van der Waals surface area (Å²) >= 11 is 0. The molecule has 134 valence electrons. The Morgan fingerprint density at radius 2 is 1.88 bits per heavy atom. The molecule has 0 saturated heterocycles. The molecule has 0 amide bonds. The highest BCUT2D eigenvalue weighted by molar-refractivity contribution is 5.66. The molecule has 1 N–H and O–H groups in total. The van der Waals surface area contributed by atoms with Crippen molar-refractivity contribution in [3.05, 3.63) is 34.9 Å². The summed E-state index contributed by atoms with van der Waals surface area (Å²) in [5.74, 6) is 1.00. The van der Waals surface area contributed by atoms with E-state index in [1.165, 1.54) is 68.1 Å². The van der Waals surface area contributed by atoms with Crippen LogP contribution in [0.2, 0.25) is 0 Å². The van der Waals surface area contributed by atoms with Crippen LogP contribution in [-0.2, 0) is 11.2 Å². The molecule has 1 aliphatic carbocycles. The molecule has 0 bridgehead atoms. The summed E-state index contributed by atoms with van der Waals surface area (Å²) in [7, 11) is 0. The minimum Gasteiger partial charge on any atom is -0.481 e. The summed E-state index contributed by atoms with van der Waals surface area (Å²) in [6.45, 7) is 4.46. The summed E-state index contributed by atoms with van der Waals surface area (Å²) in [5.41, 5.74) is 4.15. The number of hydrogen-bond acceptors (Lipinski definition) is 1. The second-order valence-corrected chi connectivity index (χ2v) is 7.65. The molecule has 2 rings (SSSR count). The van der Waals surface area contributed by atoms with Gasteiger partial charge in [-0.05, 0) is 74.0 Å². The van der Waals surface area contributed by atoms with Crippen LogP contribution in [0, 0.1) is 12.8 Å². The molecule has 1 aromatic carbocycles. The van der Waals surface area contributed by atoms with E-state index in [-0.39, 0.29) is 6.42 Å². The van der Waals surface area contributed by atoms with Crippen LogP contribution in [0.25, 0.3) is 0 Å². The molecule has 0 radical (unpaired) electrons. The van der Waals surface area contributed by atoms with Gasteiger partial charge in [0.05, 0.1) is 0 Å². The van der Waals surface area contributed by atoms with Crippen molar-refractivity contribution in [2.75, 3.05) is 0 Å². The third-order valence-electron chi connectivity index (χ3n) is 5.74. The zero-order valence-electron chi connectivity index (χ0n) is 15.5. The van der Waals surface area contributed by atoms with E-state index in [1.807, 2.05) is 0 Å². The Balaban J connectivity index is 1.83. The maximum atomic E-state index is 10.6. The Hall–Kier alpha value is -1.31. The van der Waals surface area contributed by atoms with Crippen LogP contribution in [-0.4, -0.2) is 11.1 Å². The molecule has 1 fully saturated rings. The molecule has 24 heavy (non-hydrogen) atoms. The summed E-state index contributed by atoms with van der Waals surface area (Å²) in [6, 6.07) is 6.89. The minimum atomic E-state index is -0.694. The third-order valence-corrected chi connectivity index (χ3v) is 5.74. The number of carbonyl (C=O) groups is 1. The minimum absolute atomic E-state index is 0.267. The van der Waals surface area contributed by atoms with E-state index in [4.69, 9.17) is 5.11 Å². The van der Waals surface area contributed by atoms with Crippen molar-refractivity contribution in [3.63, 3.8) is 0 Å². The number of carboxylic acid groups (broad SMARTS) is 1. The highest BCUT2D eigenvalue weighted by atomic mass is 16.4. The van der Waals surface area contributed by atoms with Gasteiger partial charge in [0.1, 0.15) is 0 Å². The van der Waals surface area contributed by atoms with Crippen molar-refractivity contribution in [1.82, 2.24) is 0 Å². The van der Waals surface area contributed by atoms with Gasteiger partial charge < -0.3 is 5.11 Å². The molecular formula is C22H34O2. The monoisotopic (exact) mass is 330 g/mol. The summed E-state index contributed by atoms with van der Waals surface area (Å²) < 4.78 is 0. The summed E-state index contributed by atoms with van der Waals surface area (Å²) in [6.07, 6.45) is 12.9. The number of rotatable bonds is 9. The lowest BCUT2D eigenvalue weighted by atomic mass is 9.76. The van der Waals surface area contributed by atoms with Crippen molar-refractivity contribution >= 4 is 5.97 Å². The lowest BCUT2D eigenvalue weighted by molar-refractivity contribution is -0.137. The molecule has 0 aromatic heterocycles. The first kappa shape index (κ1) is 19.0. The molecular weight excluding hydrogens is 296 g/mol. The lowest BCUT2D eigenvalue weighted by Crippen LogP contribution is -2.13. The van der Waals surface area contributed by atoms with E-state index < -0.39 is 5.97 Å². The van der Waals surface area contributed by atoms with Gasteiger partial charge in [-0.25, -0.2) is 0 Å². The van der Waals surface area contributed by atoms with Gasteiger partial charge in [0.15, 0.2) is 0 Å². The quantitative estimate of drug-likeness (QED) is 0.543. The normalized spacial score (nSPS) is 20.9. The van der Waals surface area contributed by atoms with Gasteiger partial charge in [-0.2, -0.15) is 0 Å². The summed E-state index contributed by atoms with van der Waals surface area (Å²) in [5, 5.41) is 8.76. The Labute approximate surface area is 147 Å². The Morgan fingerprint density at radius 3 is 2.50 bits per heavy atom. The van der Waals surface area contributed by atoms with Gasteiger partial charge in [-0.15, -0.1) is 0 Å². The molecule has 0 unspecified atom stereocenters. The second-order valence-electron chi connectivity index (χ2n) is 7.65. The zero-order chi connectivity index (χ0) is 17.4. The first-order chi connectivity index (χ1) is 11.6. The Kier molecular flexibility index (Phi) is 7.81. The average Bonchev–Trinajstić information content (AvgIpc) is 2.57. The van der Waals surface area contributed by atoms with E-state index >= 15 is 0 Å². The van der Waals surface area contributed by atoms with E-state index in [2.05, 4.69) is 32.0 Å². The van der Waals surface area contributed by atoms with Crippen LogP contribution in [0.1, 0.15) is 93.7 Å². The number of unbranched alkanes of at least 4 members (excludes halogenated alkanes) is 2. The topological polar surface area (TPSA) is 37.3 Å².